The highest BCUT2D eigenvalue weighted by Gasteiger charge is 2.52. The van der Waals surface area contributed by atoms with Gasteiger partial charge in [-0.2, -0.15) is 0 Å². The number of nitrogens with one attached hydrogen (secondary N) is 4. The topological polar surface area (TPSA) is 125 Å². The van der Waals surface area contributed by atoms with Gasteiger partial charge in [0, 0.05) is 36.2 Å². The van der Waals surface area contributed by atoms with Crippen LogP contribution in [0.25, 0.3) is 0 Å². The Labute approximate surface area is 244 Å². The molecule has 3 aliphatic heterocycles. The van der Waals surface area contributed by atoms with Crippen LogP contribution in [0.4, 0.5) is 10.5 Å². The first-order valence-corrected chi connectivity index (χ1v) is 15.3. The number of nitrogens with zero attached hydrogens (tertiary/aromatic N) is 2. The lowest BCUT2D eigenvalue weighted by Crippen LogP contribution is -2.62. The fourth-order valence-electron chi connectivity index (χ4n) is 6.37. The number of amides is 4. The average molecular weight is 577 g/mol. The Morgan fingerprint density at radius 3 is 2.68 bits per heavy atom. The second-order valence-electron chi connectivity index (χ2n) is 11.1. The lowest BCUT2D eigenvalue weighted by atomic mass is 9.86. The molecule has 3 unspecified atom stereocenters. The van der Waals surface area contributed by atoms with Crippen molar-refractivity contribution in [1.29, 1.82) is 0 Å². The molecule has 6 rings (SSSR count). The molecule has 216 valence electrons. The molecule has 4 aliphatic rings. The van der Waals surface area contributed by atoms with Gasteiger partial charge >= 0.3 is 6.03 Å². The molecule has 41 heavy (non-hydrogen) atoms. The Morgan fingerprint density at radius 1 is 1.15 bits per heavy atom. The van der Waals surface area contributed by atoms with Gasteiger partial charge in [-0.3, -0.25) is 14.5 Å². The largest absolute Gasteiger partial charge is 0.439 e. The van der Waals surface area contributed by atoms with Crippen LogP contribution in [0.3, 0.4) is 0 Å². The molecule has 11 heteroatoms. The summed E-state index contributed by atoms with van der Waals surface area (Å²) in [6.07, 6.45) is 6.38. The van der Waals surface area contributed by atoms with Crippen LogP contribution in [0.1, 0.15) is 51.0 Å². The standard InChI is InChI=1S/C30H36N6O4S/c1-3-23(37)33-18-8-7-9-19(15-18)34-28(38)27-26-25-21(12-13-31-29(25)41-27)36(30(39)35-26)22-16-32-24(14-17(22)2)40-20-10-5-4-6-11-20/h4-6,10-11,14,16,18-19,21,25,29,31H,3,7-9,12-13,15H2,1-2H3,(H,33,37)(H,34,38)(H,35,39)/t18-,19-,21?,25?,29?/m1/s1. The third-order valence-corrected chi connectivity index (χ3v) is 9.68. The van der Waals surface area contributed by atoms with E-state index in [1.807, 2.05) is 50.2 Å². The fourth-order valence-corrected chi connectivity index (χ4v) is 7.77. The van der Waals surface area contributed by atoms with Crippen molar-refractivity contribution in [3.63, 3.8) is 0 Å². The summed E-state index contributed by atoms with van der Waals surface area (Å²) in [5, 5.41) is 12.9. The predicted molar refractivity (Wildman–Crippen MR) is 157 cm³/mol. The number of carbonyl (C=O) groups excluding carboxylic acids is 3. The van der Waals surface area contributed by atoms with Crippen LogP contribution < -0.4 is 30.9 Å². The number of aromatic nitrogens is 1. The van der Waals surface area contributed by atoms with Crippen molar-refractivity contribution in [2.24, 2.45) is 5.92 Å². The number of ether oxygens (including phenoxy) is 1. The summed E-state index contributed by atoms with van der Waals surface area (Å²) in [7, 11) is 0. The van der Waals surface area contributed by atoms with E-state index in [1.54, 1.807) is 11.1 Å². The van der Waals surface area contributed by atoms with E-state index in [4.69, 9.17) is 4.74 Å². The summed E-state index contributed by atoms with van der Waals surface area (Å²) < 4.78 is 5.90. The molecule has 4 amide bonds. The van der Waals surface area contributed by atoms with Crippen molar-refractivity contribution in [3.05, 3.63) is 58.8 Å². The first kappa shape index (κ1) is 27.6. The number of thioether (sulfide) groups is 1. The summed E-state index contributed by atoms with van der Waals surface area (Å²) in [6, 6.07) is 11.0. The predicted octanol–water partition coefficient (Wildman–Crippen LogP) is 3.93. The second kappa shape index (κ2) is 11.7. The number of urea groups is 1. The van der Waals surface area contributed by atoms with Gasteiger partial charge in [-0.1, -0.05) is 36.9 Å². The van der Waals surface area contributed by atoms with Crippen LogP contribution in [-0.4, -0.2) is 52.9 Å². The molecule has 0 spiro atoms. The average Bonchev–Trinajstić information content (AvgIpc) is 3.34. The Balaban J connectivity index is 1.19. The SMILES string of the molecule is CCC(=O)N[C@@H]1CCC[C@@H](NC(=O)C2=C3NC(=O)N(c4cnc(Oc5ccccc5)cc4C)C4CCNC(S2)C34)C1. The van der Waals surface area contributed by atoms with Crippen LogP contribution in [0.15, 0.2) is 53.2 Å². The molecule has 5 atom stereocenters. The zero-order valence-corrected chi connectivity index (χ0v) is 24.1. The number of hydrogen-bond acceptors (Lipinski definition) is 7. The van der Waals surface area contributed by atoms with Crippen LogP contribution in [0.2, 0.25) is 0 Å². The molecule has 4 N–H and O–H groups in total. The maximum absolute atomic E-state index is 13.6. The molecule has 1 aromatic heterocycles. The van der Waals surface area contributed by atoms with Gasteiger partial charge in [0.2, 0.25) is 11.8 Å². The fraction of sp³-hybridized carbons (Fsp3) is 0.467. The maximum atomic E-state index is 13.6. The summed E-state index contributed by atoms with van der Waals surface area (Å²) in [5.74, 6) is 1.00. The maximum Gasteiger partial charge on any atom is 0.326 e. The van der Waals surface area contributed by atoms with E-state index in [-0.39, 0.29) is 47.3 Å². The molecular weight excluding hydrogens is 540 g/mol. The molecule has 0 bridgehead atoms. The number of para-hydroxylation sites is 1. The first-order valence-electron chi connectivity index (χ1n) is 14.5. The minimum Gasteiger partial charge on any atom is -0.439 e. The molecule has 4 heterocycles. The summed E-state index contributed by atoms with van der Waals surface area (Å²) in [6.45, 7) is 4.54. The van der Waals surface area contributed by atoms with Crippen LogP contribution >= 0.6 is 11.8 Å². The molecule has 3 fully saturated rings. The highest BCUT2D eigenvalue weighted by molar-refractivity contribution is 8.04. The van der Waals surface area contributed by atoms with Crippen LogP contribution in [-0.2, 0) is 9.59 Å². The zero-order chi connectivity index (χ0) is 28.5. The van der Waals surface area contributed by atoms with Crippen molar-refractivity contribution >= 4 is 35.3 Å². The van der Waals surface area contributed by atoms with Gasteiger partial charge in [-0.15, -0.1) is 0 Å². The van der Waals surface area contributed by atoms with Crippen molar-refractivity contribution in [1.82, 2.24) is 26.3 Å². The van der Waals surface area contributed by atoms with Gasteiger partial charge in [-0.05, 0) is 63.3 Å². The minimum atomic E-state index is -0.253. The number of benzene rings is 1. The molecule has 1 aliphatic carbocycles. The van der Waals surface area contributed by atoms with Crippen LogP contribution in [0, 0.1) is 12.8 Å². The third-order valence-electron chi connectivity index (χ3n) is 8.33. The second-order valence-corrected chi connectivity index (χ2v) is 12.2. The number of carbonyl (C=O) groups is 3. The van der Waals surface area contributed by atoms with E-state index in [2.05, 4.69) is 26.3 Å². The van der Waals surface area contributed by atoms with Crippen molar-refractivity contribution in [2.45, 2.75) is 75.9 Å². The van der Waals surface area contributed by atoms with Crippen LogP contribution in [0.5, 0.6) is 11.6 Å². The van der Waals surface area contributed by atoms with Crippen molar-refractivity contribution in [2.75, 3.05) is 11.4 Å². The quantitative estimate of drug-likeness (QED) is 0.394. The first-order chi connectivity index (χ1) is 19.9. The van der Waals surface area contributed by atoms with E-state index < -0.39 is 0 Å². The molecular formula is C30H36N6O4S. The number of pyridine rings is 1. The Hall–Kier alpha value is -3.57. The third kappa shape index (κ3) is 5.65. The number of anilines is 1. The summed E-state index contributed by atoms with van der Waals surface area (Å²) in [5.41, 5.74) is 2.32. The molecule has 0 radical (unpaired) electrons. The van der Waals surface area contributed by atoms with Crippen molar-refractivity contribution < 1.29 is 19.1 Å². The number of aryl methyl sites for hydroxylation is 1. The lowest BCUT2D eigenvalue weighted by Gasteiger charge is -2.46. The highest BCUT2D eigenvalue weighted by Crippen LogP contribution is 2.48. The van der Waals surface area contributed by atoms with Gasteiger partial charge in [0.1, 0.15) is 5.75 Å². The van der Waals surface area contributed by atoms with Gasteiger partial charge in [0.05, 0.1) is 28.2 Å². The number of rotatable bonds is 7. The molecule has 2 aromatic rings. The van der Waals surface area contributed by atoms with E-state index >= 15 is 0 Å². The van der Waals surface area contributed by atoms with E-state index in [9.17, 15) is 14.4 Å². The molecule has 1 aromatic carbocycles. The minimum absolute atomic E-state index is 0.00972. The number of piperidine rings is 1. The zero-order valence-electron chi connectivity index (χ0n) is 23.3. The normalized spacial score (nSPS) is 27.1. The smallest absolute Gasteiger partial charge is 0.326 e. The Morgan fingerprint density at radius 2 is 1.93 bits per heavy atom. The molecule has 10 nitrogen and oxygen atoms in total. The number of hydrogen-bond donors (Lipinski definition) is 4. The van der Waals surface area contributed by atoms with E-state index in [0.717, 1.165) is 49.9 Å². The van der Waals surface area contributed by atoms with E-state index in [1.165, 1.54) is 11.8 Å². The molecule has 1 saturated carbocycles. The van der Waals surface area contributed by atoms with Crippen molar-refractivity contribution in [3.8, 4) is 11.6 Å². The van der Waals surface area contributed by atoms with Gasteiger partial charge < -0.3 is 26.0 Å². The van der Waals surface area contributed by atoms with E-state index in [0.29, 0.717) is 28.7 Å². The summed E-state index contributed by atoms with van der Waals surface area (Å²) >= 11 is 1.50. The highest BCUT2D eigenvalue weighted by atomic mass is 32.2. The van der Waals surface area contributed by atoms with Gasteiger partial charge in [0.15, 0.2) is 0 Å². The lowest BCUT2D eigenvalue weighted by molar-refractivity contribution is -0.121. The van der Waals surface area contributed by atoms with Gasteiger partial charge in [-0.25, -0.2) is 9.78 Å². The Bertz CT molecular complexity index is 1370. The Kier molecular flexibility index (Phi) is 7.90. The van der Waals surface area contributed by atoms with Gasteiger partial charge in [0.25, 0.3) is 5.91 Å². The molecule has 2 saturated heterocycles. The monoisotopic (exact) mass is 576 g/mol. The summed E-state index contributed by atoms with van der Waals surface area (Å²) in [4.78, 5) is 45.9.